The van der Waals surface area contributed by atoms with Gasteiger partial charge in [-0.1, -0.05) is 29.8 Å². The SMILES string of the molecule is Cc1ccc(NC(=O)C(=O)N/N=C\c2ccccc2OCC(N)=O)cc1. The molecular weight excluding hydrogens is 336 g/mol. The maximum absolute atomic E-state index is 11.8. The van der Waals surface area contributed by atoms with Gasteiger partial charge in [0.25, 0.3) is 5.91 Å². The van der Waals surface area contributed by atoms with E-state index in [1.807, 2.05) is 19.1 Å². The predicted octanol–water partition coefficient (Wildman–Crippen LogP) is 0.948. The van der Waals surface area contributed by atoms with Crippen molar-refractivity contribution in [2.75, 3.05) is 11.9 Å². The van der Waals surface area contributed by atoms with E-state index < -0.39 is 17.7 Å². The number of benzene rings is 2. The van der Waals surface area contributed by atoms with Crippen LogP contribution >= 0.6 is 0 Å². The van der Waals surface area contributed by atoms with Crippen molar-refractivity contribution in [3.05, 3.63) is 59.7 Å². The van der Waals surface area contributed by atoms with E-state index in [4.69, 9.17) is 10.5 Å². The van der Waals surface area contributed by atoms with E-state index in [0.717, 1.165) is 5.56 Å². The normalized spacial score (nSPS) is 10.3. The van der Waals surface area contributed by atoms with Gasteiger partial charge >= 0.3 is 11.8 Å². The molecule has 0 aliphatic heterocycles. The van der Waals surface area contributed by atoms with Crippen LogP contribution in [0.2, 0.25) is 0 Å². The predicted molar refractivity (Wildman–Crippen MR) is 96.7 cm³/mol. The van der Waals surface area contributed by atoms with Gasteiger partial charge in [-0.2, -0.15) is 5.10 Å². The first kappa shape index (κ1) is 18.7. The highest BCUT2D eigenvalue weighted by molar-refractivity contribution is 6.39. The van der Waals surface area contributed by atoms with Crippen LogP contribution in [0, 0.1) is 6.92 Å². The van der Waals surface area contributed by atoms with Gasteiger partial charge in [-0.3, -0.25) is 14.4 Å². The number of hydrazone groups is 1. The molecular formula is C18H18N4O4. The number of nitrogens with one attached hydrogen (secondary N) is 2. The number of nitrogens with two attached hydrogens (primary N) is 1. The molecule has 134 valence electrons. The fraction of sp³-hybridized carbons (Fsp3) is 0.111. The first-order chi connectivity index (χ1) is 12.5. The summed E-state index contributed by atoms with van der Waals surface area (Å²) >= 11 is 0. The molecule has 0 saturated heterocycles. The number of rotatable bonds is 6. The van der Waals surface area contributed by atoms with Gasteiger partial charge in [0.05, 0.1) is 6.21 Å². The van der Waals surface area contributed by atoms with E-state index in [0.29, 0.717) is 17.0 Å². The minimum absolute atomic E-state index is 0.282. The van der Waals surface area contributed by atoms with Crippen LogP contribution in [0.4, 0.5) is 5.69 Å². The van der Waals surface area contributed by atoms with Crippen LogP contribution in [0.1, 0.15) is 11.1 Å². The lowest BCUT2D eigenvalue weighted by molar-refractivity contribution is -0.136. The van der Waals surface area contributed by atoms with E-state index in [1.165, 1.54) is 6.21 Å². The first-order valence-corrected chi connectivity index (χ1v) is 7.67. The number of para-hydroxylation sites is 1. The summed E-state index contributed by atoms with van der Waals surface area (Å²) in [5.41, 5.74) is 9.21. The average molecular weight is 354 g/mol. The van der Waals surface area contributed by atoms with Crippen LogP contribution in [0.5, 0.6) is 5.75 Å². The Bertz CT molecular complexity index is 831. The van der Waals surface area contributed by atoms with Gasteiger partial charge in [0, 0.05) is 11.3 Å². The van der Waals surface area contributed by atoms with Crippen LogP contribution in [-0.4, -0.2) is 30.5 Å². The van der Waals surface area contributed by atoms with Gasteiger partial charge in [-0.15, -0.1) is 0 Å². The zero-order valence-corrected chi connectivity index (χ0v) is 14.1. The van der Waals surface area contributed by atoms with Crippen molar-refractivity contribution < 1.29 is 19.1 Å². The zero-order valence-electron chi connectivity index (χ0n) is 14.1. The second kappa shape index (κ2) is 8.97. The monoisotopic (exact) mass is 354 g/mol. The summed E-state index contributed by atoms with van der Waals surface area (Å²) in [6.45, 7) is 1.63. The molecule has 0 aliphatic rings. The van der Waals surface area contributed by atoms with Gasteiger partial charge in [0.2, 0.25) is 0 Å². The Morgan fingerprint density at radius 3 is 2.46 bits per heavy atom. The molecule has 0 fully saturated rings. The highest BCUT2D eigenvalue weighted by atomic mass is 16.5. The van der Waals surface area contributed by atoms with Gasteiger partial charge in [0.15, 0.2) is 6.61 Å². The molecule has 8 nitrogen and oxygen atoms in total. The van der Waals surface area contributed by atoms with Crippen molar-refractivity contribution in [1.29, 1.82) is 0 Å². The lowest BCUT2D eigenvalue weighted by Gasteiger charge is -2.07. The fourth-order valence-corrected chi connectivity index (χ4v) is 1.90. The molecule has 0 aliphatic carbocycles. The molecule has 0 bridgehead atoms. The molecule has 0 aromatic heterocycles. The molecule has 8 heteroatoms. The Kier molecular flexibility index (Phi) is 6.44. The number of carbonyl (C=O) groups excluding carboxylic acids is 3. The lowest BCUT2D eigenvalue weighted by Crippen LogP contribution is -2.32. The van der Waals surface area contributed by atoms with Gasteiger partial charge in [0.1, 0.15) is 5.75 Å². The highest BCUT2D eigenvalue weighted by Crippen LogP contribution is 2.15. The van der Waals surface area contributed by atoms with Gasteiger partial charge in [-0.05, 0) is 31.2 Å². The van der Waals surface area contributed by atoms with E-state index in [1.54, 1.807) is 36.4 Å². The second-order valence-electron chi connectivity index (χ2n) is 5.31. The summed E-state index contributed by atoms with van der Waals surface area (Å²) in [6.07, 6.45) is 1.30. The largest absolute Gasteiger partial charge is 0.483 e. The molecule has 0 heterocycles. The molecule has 0 unspecified atom stereocenters. The highest BCUT2D eigenvalue weighted by Gasteiger charge is 2.12. The first-order valence-electron chi connectivity index (χ1n) is 7.67. The van der Waals surface area contributed by atoms with Crippen LogP contribution in [0.15, 0.2) is 53.6 Å². The van der Waals surface area contributed by atoms with Gasteiger partial charge in [-0.25, -0.2) is 5.43 Å². The molecule has 2 rings (SSSR count). The van der Waals surface area contributed by atoms with Crippen LogP contribution in [0.25, 0.3) is 0 Å². The number of nitrogens with zero attached hydrogens (tertiary/aromatic N) is 1. The molecule has 0 atom stereocenters. The van der Waals surface area contributed by atoms with Crippen molar-refractivity contribution in [2.45, 2.75) is 6.92 Å². The topological polar surface area (TPSA) is 123 Å². The average Bonchev–Trinajstić information content (AvgIpc) is 2.62. The molecule has 0 spiro atoms. The van der Waals surface area contributed by atoms with E-state index in [-0.39, 0.29) is 6.61 Å². The third-order valence-corrected chi connectivity index (χ3v) is 3.17. The molecule has 26 heavy (non-hydrogen) atoms. The maximum Gasteiger partial charge on any atom is 0.329 e. The van der Waals surface area contributed by atoms with Crippen LogP contribution in [0.3, 0.4) is 0 Å². The number of carbonyl (C=O) groups is 3. The van der Waals surface area contributed by atoms with E-state index >= 15 is 0 Å². The molecule has 2 aromatic carbocycles. The third-order valence-electron chi connectivity index (χ3n) is 3.17. The van der Waals surface area contributed by atoms with Gasteiger partial charge < -0.3 is 15.8 Å². The van der Waals surface area contributed by atoms with Crippen molar-refractivity contribution in [3.63, 3.8) is 0 Å². The Balaban J connectivity index is 1.93. The number of hydrogen-bond acceptors (Lipinski definition) is 5. The second-order valence-corrected chi connectivity index (χ2v) is 5.31. The van der Waals surface area contributed by atoms with Crippen molar-refractivity contribution in [1.82, 2.24) is 5.43 Å². The van der Waals surface area contributed by atoms with Crippen molar-refractivity contribution >= 4 is 29.6 Å². The molecule has 4 N–H and O–H groups in total. The maximum atomic E-state index is 11.8. The molecule has 3 amide bonds. The molecule has 0 radical (unpaired) electrons. The number of aryl methyl sites for hydroxylation is 1. The minimum atomic E-state index is -0.919. The quantitative estimate of drug-likeness (QED) is 0.406. The van der Waals surface area contributed by atoms with Crippen molar-refractivity contribution in [2.24, 2.45) is 10.8 Å². The number of ether oxygens (including phenoxy) is 1. The summed E-state index contributed by atoms with van der Waals surface area (Å²) in [7, 11) is 0. The summed E-state index contributed by atoms with van der Waals surface area (Å²) < 4.78 is 5.23. The standard InChI is InChI=1S/C18H18N4O4/c1-12-6-8-14(9-7-12)21-17(24)18(25)22-20-10-13-4-2-3-5-15(13)26-11-16(19)23/h2-10H,11H2,1H3,(H2,19,23)(H,21,24)(H,22,25)/b20-10-. The summed E-state index contributed by atoms with van der Waals surface area (Å²) in [6, 6.07) is 13.7. The summed E-state index contributed by atoms with van der Waals surface area (Å²) in [4.78, 5) is 34.4. The Labute approximate surface area is 150 Å². The fourth-order valence-electron chi connectivity index (χ4n) is 1.90. The van der Waals surface area contributed by atoms with Crippen molar-refractivity contribution in [3.8, 4) is 5.75 Å². The lowest BCUT2D eigenvalue weighted by atomic mass is 10.2. The van der Waals surface area contributed by atoms with Crippen LogP contribution < -0.4 is 21.2 Å². The smallest absolute Gasteiger partial charge is 0.329 e. The summed E-state index contributed by atoms with van der Waals surface area (Å²) in [5.74, 6) is -2.01. The van der Waals surface area contributed by atoms with Crippen LogP contribution in [-0.2, 0) is 14.4 Å². The Morgan fingerprint density at radius 2 is 1.77 bits per heavy atom. The number of primary amides is 1. The Hall–Kier alpha value is -3.68. The third kappa shape index (κ3) is 5.75. The number of amides is 3. The summed E-state index contributed by atoms with van der Waals surface area (Å²) in [5, 5.41) is 6.19. The number of hydrogen-bond donors (Lipinski definition) is 3. The molecule has 2 aromatic rings. The van der Waals surface area contributed by atoms with E-state index in [9.17, 15) is 14.4 Å². The van der Waals surface area contributed by atoms with E-state index in [2.05, 4.69) is 15.8 Å². The molecule has 0 saturated carbocycles. The zero-order chi connectivity index (χ0) is 18.9. The Morgan fingerprint density at radius 1 is 1.08 bits per heavy atom. The minimum Gasteiger partial charge on any atom is -0.483 e. The number of anilines is 1.